The first kappa shape index (κ1) is 16.6. The van der Waals surface area contributed by atoms with Crippen LogP contribution in [0.3, 0.4) is 0 Å². The van der Waals surface area contributed by atoms with Crippen molar-refractivity contribution in [2.45, 2.75) is 16.9 Å². The van der Waals surface area contributed by atoms with Crippen LogP contribution < -0.4 is 0 Å². The maximum Gasteiger partial charge on any atom is 0.352 e. The molecule has 0 saturated carbocycles. The highest BCUT2D eigenvalue weighted by atomic mass is 32.2. The smallest absolute Gasteiger partial charge is 0.352 e. The summed E-state index contributed by atoms with van der Waals surface area (Å²) in [6.07, 6.45) is 0.686. The molecule has 0 heterocycles. The van der Waals surface area contributed by atoms with Gasteiger partial charge in [-0.2, -0.15) is 0 Å². The van der Waals surface area contributed by atoms with Crippen molar-refractivity contribution < 1.29 is 18.2 Å². The van der Waals surface area contributed by atoms with Crippen LogP contribution >= 0.6 is 0 Å². The van der Waals surface area contributed by atoms with E-state index in [0.717, 1.165) is 5.56 Å². The molecule has 2 aromatic carbocycles. The number of hydrogen-bond acceptors (Lipinski definition) is 6. The third kappa shape index (κ3) is 4.36. The van der Waals surface area contributed by atoms with E-state index in [4.69, 9.17) is 4.84 Å². The van der Waals surface area contributed by atoms with Crippen LogP contribution in [0.1, 0.15) is 5.56 Å². The van der Waals surface area contributed by atoms with Crippen molar-refractivity contribution in [2.24, 2.45) is 5.16 Å². The van der Waals surface area contributed by atoms with Crippen LogP contribution in [0.25, 0.3) is 0 Å². The van der Waals surface area contributed by atoms with Crippen LogP contribution in [0, 0.1) is 10.1 Å². The molecule has 0 unspecified atom stereocenters. The van der Waals surface area contributed by atoms with E-state index in [9.17, 15) is 18.5 Å². The van der Waals surface area contributed by atoms with E-state index in [1.807, 2.05) is 18.2 Å². The lowest BCUT2D eigenvalue weighted by atomic mass is 10.2. The van der Waals surface area contributed by atoms with E-state index in [1.54, 1.807) is 18.2 Å². The van der Waals surface area contributed by atoms with Gasteiger partial charge >= 0.3 is 5.37 Å². The fraction of sp³-hybridized carbons (Fsp3) is 0.133. The first-order valence-electron chi connectivity index (χ1n) is 6.63. The Bertz CT molecular complexity index is 776. The number of oxime groups is 1. The van der Waals surface area contributed by atoms with Crippen molar-refractivity contribution >= 4 is 16.1 Å². The van der Waals surface area contributed by atoms with Crippen LogP contribution in [-0.2, 0) is 21.3 Å². The van der Waals surface area contributed by atoms with Gasteiger partial charge in [-0.15, -0.1) is 0 Å². The molecule has 0 amide bonds. The van der Waals surface area contributed by atoms with Gasteiger partial charge in [0.15, 0.2) is 0 Å². The lowest BCUT2D eigenvalue weighted by molar-refractivity contribution is -0.478. The van der Waals surface area contributed by atoms with Gasteiger partial charge in [-0.1, -0.05) is 53.7 Å². The summed E-state index contributed by atoms with van der Waals surface area (Å²) in [7, 11) is -4.17. The molecule has 2 rings (SSSR count). The monoisotopic (exact) mass is 334 g/mol. The molecule has 2 aromatic rings. The minimum atomic E-state index is -4.17. The summed E-state index contributed by atoms with van der Waals surface area (Å²) < 4.78 is 24.5. The third-order valence-electron chi connectivity index (χ3n) is 2.93. The molecule has 0 bridgehead atoms. The standard InChI is InChI=1S/C15H14N2O5S/c18-17(19)15(23(20,21)14-9-5-2-6-10-14)11-16-22-12-13-7-3-1-4-8-13/h1-11,15H,12H2/b16-11+/t15-/m1/s1. The van der Waals surface area contributed by atoms with E-state index < -0.39 is 20.1 Å². The van der Waals surface area contributed by atoms with Crippen molar-refractivity contribution in [3.8, 4) is 0 Å². The average molecular weight is 334 g/mol. The van der Waals surface area contributed by atoms with E-state index >= 15 is 0 Å². The highest BCUT2D eigenvalue weighted by molar-refractivity contribution is 7.92. The first-order valence-corrected chi connectivity index (χ1v) is 8.18. The van der Waals surface area contributed by atoms with Gasteiger partial charge in [0, 0.05) is 4.92 Å². The number of rotatable bonds is 7. The fourth-order valence-electron chi connectivity index (χ4n) is 1.78. The molecule has 0 spiro atoms. The van der Waals surface area contributed by atoms with Crippen LogP contribution in [0.5, 0.6) is 0 Å². The number of nitrogens with zero attached hydrogens (tertiary/aromatic N) is 2. The Labute approximate surface area is 133 Å². The number of benzene rings is 2. The molecule has 1 atom stereocenters. The predicted octanol–water partition coefficient (Wildman–Crippen LogP) is 2.27. The zero-order valence-electron chi connectivity index (χ0n) is 12.0. The number of sulfone groups is 1. The Morgan fingerprint density at radius 2 is 1.65 bits per heavy atom. The van der Waals surface area contributed by atoms with Gasteiger partial charge in [0.25, 0.3) is 9.84 Å². The van der Waals surface area contributed by atoms with Gasteiger partial charge in [0.1, 0.15) is 12.8 Å². The quantitative estimate of drug-likeness (QED) is 0.439. The molecule has 0 aliphatic carbocycles. The lowest BCUT2D eigenvalue weighted by Gasteiger charge is -2.06. The maximum absolute atomic E-state index is 12.2. The normalized spacial score (nSPS) is 12.9. The van der Waals surface area contributed by atoms with Crippen LogP contribution in [0.2, 0.25) is 0 Å². The summed E-state index contributed by atoms with van der Waals surface area (Å²) in [5.74, 6) is 0. The molecule has 0 saturated heterocycles. The van der Waals surface area contributed by atoms with E-state index in [0.29, 0.717) is 6.21 Å². The van der Waals surface area contributed by atoms with Crippen molar-refractivity contribution in [1.82, 2.24) is 0 Å². The Kier molecular flexibility index (Phi) is 5.42. The van der Waals surface area contributed by atoms with Gasteiger partial charge in [-0.25, -0.2) is 8.42 Å². The Morgan fingerprint density at radius 1 is 1.09 bits per heavy atom. The predicted molar refractivity (Wildman–Crippen MR) is 84.1 cm³/mol. The van der Waals surface area contributed by atoms with Gasteiger partial charge in [0.2, 0.25) is 0 Å². The zero-order chi connectivity index (χ0) is 16.7. The Balaban J connectivity index is 2.10. The molecule has 0 fully saturated rings. The van der Waals surface area contributed by atoms with Crippen LogP contribution in [-0.4, -0.2) is 24.9 Å². The van der Waals surface area contributed by atoms with Crippen LogP contribution in [0.4, 0.5) is 0 Å². The molecule has 0 N–H and O–H groups in total. The van der Waals surface area contributed by atoms with Crippen molar-refractivity contribution in [3.63, 3.8) is 0 Å². The van der Waals surface area contributed by atoms with Crippen molar-refractivity contribution in [1.29, 1.82) is 0 Å². The second kappa shape index (κ2) is 7.50. The summed E-state index contributed by atoms with van der Waals surface area (Å²) >= 11 is 0. The number of nitro groups is 1. The van der Waals surface area contributed by atoms with E-state index in [-0.39, 0.29) is 11.5 Å². The molecule has 23 heavy (non-hydrogen) atoms. The highest BCUT2D eigenvalue weighted by Gasteiger charge is 2.36. The summed E-state index contributed by atoms with van der Waals surface area (Å²) in [5, 5.41) is 12.5. The van der Waals surface area contributed by atoms with E-state index in [2.05, 4.69) is 5.16 Å². The summed E-state index contributed by atoms with van der Waals surface area (Å²) in [4.78, 5) is 14.9. The second-order valence-corrected chi connectivity index (χ2v) is 6.59. The molecule has 120 valence electrons. The Hall–Kier alpha value is -2.74. The molecule has 7 nitrogen and oxygen atoms in total. The van der Waals surface area contributed by atoms with Gasteiger partial charge in [0.05, 0.1) is 4.90 Å². The van der Waals surface area contributed by atoms with Gasteiger partial charge in [-0.05, 0) is 17.7 Å². The summed E-state index contributed by atoms with van der Waals surface area (Å²) in [6, 6.07) is 16.2. The Morgan fingerprint density at radius 3 is 2.22 bits per heavy atom. The fourth-order valence-corrected chi connectivity index (χ4v) is 3.03. The molecule has 0 radical (unpaired) electrons. The van der Waals surface area contributed by atoms with Crippen molar-refractivity contribution in [3.05, 3.63) is 76.3 Å². The summed E-state index contributed by atoms with van der Waals surface area (Å²) in [6.45, 7) is 0.0904. The second-order valence-electron chi connectivity index (χ2n) is 4.55. The molecular weight excluding hydrogens is 320 g/mol. The molecule has 8 heteroatoms. The minimum absolute atomic E-state index is 0.0904. The van der Waals surface area contributed by atoms with Crippen molar-refractivity contribution in [2.75, 3.05) is 0 Å². The molecular formula is C15H14N2O5S. The lowest BCUT2D eigenvalue weighted by Crippen LogP contribution is -2.31. The topological polar surface area (TPSA) is 98.9 Å². The third-order valence-corrected chi connectivity index (χ3v) is 4.79. The van der Waals surface area contributed by atoms with Gasteiger partial charge < -0.3 is 4.84 Å². The summed E-state index contributed by atoms with van der Waals surface area (Å²) in [5.41, 5.74) is 0.813. The average Bonchev–Trinajstić information content (AvgIpc) is 2.56. The largest absolute Gasteiger partial charge is 0.391 e. The highest BCUT2D eigenvalue weighted by Crippen LogP contribution is 2.15. The van der Waals surface area contributed by atoms with Crippen LogP contribution in [0.15, 0.2) is 70.7 Å². The number of hydrogen-bond donors (Lipinski definition) is 0. The first-order chi connectivity index (χ1) is 11.0. The SMILES string of the molecule is O=[N+]([O-])[C@@H](/C=N/OCc1ccccc1)S(=O)(=O)c1ccccc1. The van der Waals surface area contributed by atoms with E-state index in [1.165, 1.54) is 24.3 Å². The maximum atomic E-state index is 12.2. The minimum Gasteiger partial charge on any atom is -0.391 e. The molecule has 0 aliphatic heterocycles. The van der Waals surface area contributed by atoms with Gasteiger partial charge in [-0.3, -0.25) is 10.1 Å². The molecule has 0 aromatic heterocycles. The zero-order valence-corrected chi connectivity index (χ0v) is 12.8. The molecule has 0 aliphatic rings.